The van der Waals surface area contributed by atoms with Crippen LogP contribution in [-0.4, -0.2) is 72.7 Å². The number of carbonyl (C=O) groups is 1. The lowest BCUT2D eigenvalue weighted by Crippen LogP contribution is -2.54. The molecule has 1 aromatic rings. The van der Waals surface area contributed by atoms with E-state index in [1.54, 1.807) is 16.2 Å². The van der Waals surface area contributed by atoms with Crippen LogP contribution in [0.3, 0.4) is 0 Å². The second kappa shape index (κ2) is 10.2. The molecule has 2 rings (SSSR count). The molecule has 0 bridgehead atoms. The summed E-state index contributed by atoms with van der Waals surface area (Å²) in [5, 5.41) is 4.49. The van der Waals surface area contributed by atoms with Gasteiger partial charge in [0.1, 0.15) is 0 Å². The van der Waals surface area contributed by atoms with Crippen LogP contribution >= 0.6 is 11.3 Å². The fourth-order valence-electron chi connectivity index (χ4n) is 2.63. The van der Waals surface area contributed by atoms with Gasteiger partial charge in [-0.05, 0) is 20.3 Å². The second-order valence-electron chi connectivity index (χ2n) is 5.73. The van der Waals surface area contributed by atoms with Gasteiger partial charge >= 0.3 is 6.09 Å². The number of nitrogens with one attached hydrogen (secondary N) is 1. The number of carbonyl (C=O) groups excluding carboxylic acids is 1. The number of nitrogens with zero attached hydrogens (tertiary/aromatic N) is 4. The quantitative estimate of drug-likeness (QED) is 0.615. The predicted octanol–water partition coefficient (Wildman–Crippen LogP) is 1.99. The Morgan fingerprint density at radius 1 is 1.28 bits per heavy atom. The fraction of sp³-hybridized carbons (Fsp3) is 0.706. The highest BCUT2D eigenvalue weighted by Gasteiger charge is 2.23. The molecule has 1 N–H and O–H groups in total. The van der Waals surface area contributed by atoms with E-state index in [0.717, 1.165) is 50.0 Å². The van der Waals surface area contributed by atoms with E-state index < -0.39 is 0 Å². The third-order valence-corrected chi connectivity index (χ3v) is 5.18. The molecule has 1 aliphatic heterocycles. The van der Waals surface area contributed by atoms with Crippen molar-refractivity contribution in [3.05, 3.63) is 16.1 Å². The van der Waals surface area contributed by atoms with Gasteiger partial charge in [-0.15, -0.1) is 11.3 Å². The van der Waals surface area contributed by atoms with E-state index in [0.29, 0.717) is 19.7 Å². The molecular formula is C17H29N5O2S. The first-order valence-corrected chi connectivity index (χ1v) is 9.88. The van der Waals surface area contributed by atoms with Crippen LogP contribution in [0.4, 0.5) is 4.79 Å². The number of hydrogen-bond acceptors (Lipinski definition) is 5. The van der Waals surface area contributed by atoms with Crippen molar-refractivity contribution in [3.63, 3.8) is 0 Å². The van der Waals surface area contributed by atoms with Crippen molar-refractivity contribution >= 4 is 23.4 Å². The number of thiazole rings is 1. The molecule has 0 saturated carbocycles. The maximum Gasteiger partial charge on any atom is 0.409 e. The van der Waals surface area contributed by atoms with Gasteiger partial charge in [-0.25, -0.2) is 9.78 Å². The topological polar surface area (TPSA) is 70.1 Å². The third-order valence-electron chi connectivity index (χ3n) is 3.98. The number of ether oxygens (including phenoxy) is 1. The van der Waals surface area contributed by atoms with Crippen molar-refractivity contribution in [2.45, 2.75) is 33.6 Å². The Balaban J connectivity index is 1.86. The van der Waals surface area contributed by atoms with Crippen molar-refractivity contribution in [1.82, 2.24) is 20.1 Å². The van der Waals surface area contributed by atoms with Crippen LogP contribution < -0.4 is 5.32 Å². The molecule has 1 aromatic heterocycles. The van der Waals surface area contributed by atoms with Gasteiger partial charge in [0.05, 0.1) is 11.6 Å². The first kappa shape index (κ1) is 19.5. The molecule has 0 spiro atoms. The largest absolute Gasteiger partial charge is 0.450 e. The molecule has 2 heterocycles. The van der Waals surface area contributed by atoms with Crippen LogP contribution in [0, 0.1) is 0 Å². The Morgan fingerprint density at radius 3 is 2.60 bits per heavy atom. The van der Waals surface area contributed by atoms with E-state index in [1.807, 2.05) is 13.1 Å². The summed E-state index contributed by atoms with van der Waals surface area (Å²) in [6.45, 7) is 10.9. The molecule has 0 aliphatic carbocycles. The summed E-state index contributed by atoms with van der Waals surface area (Å²) in [4.78, 5) is 26.3. The maximum atomic E-state index is 11.8. The van der Waals surface area contributed by atoms with Gasteiger partial charge in [0, 0.05) is 56.8 Å². The molecule has 8 heteroatoms. The van der Waals surface area contributed by atoms with E-state index in [4.69, 9.17) is 9.73 Å². The lowest BCUT2D eigenvalue weighted by molar-refractivity contribution is 0.0914. The number of rotatable bonds is 6. The lowest BCUT2D eigenvalue weighted by Gasteiger charge is -2.35. The zero-order valence-electron chi connectivity index (χ0n) is 15.5. The summed E-state index contributed by atoms with van der Waals surface area (Å²) in [7, 11) is 0. The van der Waals surface area contributed by atoms with Crippen molar-refractivity contribution in [3.8, 4) is 0 Å². The zero-order chi connectivity index (χ0) is 18.1. The minimum Gasteiger partial charge on any atom is -0.450 e. The van der Waals surface area contributed by atoms with Crippen LogP contribution in [-0.2, 0) is 17.6 Å². The molecule has 1 amide bonds. The summed E-state index contributed by atoms with van der Waals surface area (Å²) in [5.74, 6) is 0.915. The van der Waals surface area contributed by atoms with Crippen molar-refractivity contribution in [2.75, 3.05) is 45.9 Å². The van der Waals surface area contributed by atoms with E-state index in [1.165, 1.54) is 4.88 Å². The number of aromatic nitrogens is 1. The number of guanidine groups is 1. The first-order chi connectivity index (χ1) is 12.2. The summed E-state index contributed by atoms with van der Waals surface area (Å²) in [6, 6.07) is 0. The SMILES string of the molecule is CCNC(=NCCc1ncc(CC)s1)N1CCN(C(=O)OCC)CC1. The molecule has 0 radical (unpaired) electrons. The summed E-state index contributed by atoms with van der Waals surface area (Å²) < 4.78 is 5.07. The Hall–Kier alpha value is -1.83. The van der Waals surface area contributed by atoms with Gasteiger partial charge in [0.25, 0.3) is 0 Å². The summed E-state index contributed by atoms with van der Waals surface area (Å²) in [5.41, 5.74) is 0. The van der Waals surface area contributed by atoms with E-state index in [2.05, 4.69) is 29.0 Å². The van der Waals surface area contributed by atoms with Gasteiger partial charge in [0.2, 0.25) is 0 Å². The molecule has 25 heavy (non-hydrogen) atoms. The highest BCUT2D eigenvalue weighted by molar-refractivity contribution is 7.11. The average molecular weight is 368 g/mol. The second-order valence-corrected chi connectivity index (χ2v) is 6.93. The Bertz CT molecular complexity index is 567. The van der Waals surface area contributed by atoms with Gasteiger partial charge in [-0.1, -0.05) is 6.92 Å². The number of amides is 1. The molecule has 1 aliphatic rings. The molecule has 0 atom stereocenters. The predicted molar refractivity (Wildman–Crippen MR) is 101 cm³/mol. The minimum atomic E-state index is -0.223. The van der Waals surface area contributed by atoms with E-state index in [9.17, 15) is 4.79 Å². The third kappa shape index (κ3) is 5.88. The molecule has 0 unspecified atom stereocenters. The van der Waals surface area contributed by atoms with Gasteiger partial charge < -0.3 is 19.9 Å². The van der Waals surface area contributed by atoms with Crippen LogP contribution in [0.2, 0.25) is 0 Å². The zero-order valence-corrected chi connectivity index (χ0v) is 16.3. The molecule has 7 nitrogen and oxygen atoms in total. The Labute approximate surface area is 154 Å². The standard InChI is InChI=1S/C17H29N5O2S/c1-4-14-13-20-15(25-14)7-8-19-16(18-5-2)21-9-11-22(12-10-21)17(23)24-6-3/h13H,4-12H2,1-3H3,(H,18,19). The normalized spacial score (nSPS) is 15.4. The monoisotopic (exact) mass is 367 g/mol. The number of piperazine rings is 1. The van der Waals surface area contributed by atoms with E-state index >= 15 is 0 Å². The summed E-state index contributed by atoms with van der Waals surface area (Å²) in [6.07, 6.45) is 3.64. The van der Waals surface area contributed by atoms with Crippen LogP contribution in [0.15, 0.2) is 11.2 Å². The molecule has 1 fully saturated rings. The van der Waals surface area contributed by atoms with Crippen molar-refractivity contribution < 1.29 is 9.53 Å². The van der Waals surface area contributed by atoms with Gasteiger partial charge in [0.15, 0.2) is 5.96 Å². The van der Waals surface area contributed by atoms with Gasteiger partial charge in [-0.3, -0.25) is 4.99 Å². The highest BCUT2D eigenvalue weighted by atomic mass is 32.1. The first-order valence-electron chi connectivity index (χ1n) is 9.06. The maximum absolute atomic E-state index is 11.8. The Kier molecular flexibility index (Phi) is 7.97. The smallest absolute Gasteiger partial charge is 0.409 e. The lowest BCUT2D eigenvalue weighted by atomic mass is 10.3. The number of aliphatic imine (C=N–C) groups is 1. The van der Waals surface area contributed by atoms with Crippen molar-refractivity contribution in [1.29, 1.82) is 0 Å². The molecule has 140 valence electrons. The fourth-order valence-corrected chi connectivity index (χ4v) is 3.48. The van der Waals surface area contributed by atoms with Gasteiger partial charge in [-0.2, -0.15) is 0 Å². The van der Waals surface area contributed by atoms with E-state index in [-0.39, 0.29) is 6.09 Å². The molecular weight excluding hydrogens is 338 g/mol. The number of hydrogen-bond donors (Lipinski definition) is 1. The van der Waals surface area contributed by atoms with Crippen LogP contribution in [0.25, 0.3) is 0 Å². The van der Waals surface area contributed by atoms with Crippen molar-refractivity contribution in [2.24, 2.45) is 4.99 Å². The minimum absolute atomic E-state index is 0.223. The summed E-state index contributed by atoms with van der Waals surface area (Å²) >= 11 is 1.77. The highest BCUT2D eigenvalue weighted by Crippen LogP contribution is 2.14. The average Bonchev–Trinajstić information content (AvgIpc) is 3.09. The molecule has 1 saturated heterocycles. The van der Waals surface area contributed by atoms with Crippen LogP contribution in [0.5, 0.6) is 0 Å². The van der Waals surface area contributed by atoms with Crippen LogP contribution in [0.1, 0.15) is 30.7 Å². The Morgan fingerprint density at radius 2 is 2.00 bits per heavy atom. The molecule has 0 aromatic carbocycles. The number of aryl methyl sites for hydroxylation is 1.